The van der Waals surface area contributed by atoms with Crippen molar-refractivity contribution in [3.63, 3.8) is 0 Å². The fraction of sp³-hybridized carbons (Fsp3) is 0.231. The van der Waals surface area contributed by atoms with Gasteiger partial charge < -0.3 is 10.1 Å². The van der Waals surface area contributed by atoms with Crippen LogP contribution in [-0.2, 0) is 0 Å². The molecule has 1 atom stereocenters. The second-order valence-electron chi connectivity index (χ2n) is 3.74. The van der Waals surface area contributed by atoms with E-state index >= 15 is 0 Å². The Morgan fingerprint density at radius 1 is 1.29 bits per heavy atom. The Morgan fingerprint density at radius 2 is 2.12 bits per heavy atom. The Bertz CT molecular complexity index is 498. The zero-order chi connectivity index (χ0) is 12.3. The van der Waals surface area contributed by atoms with Crippen molar-refractivity contribution in [2.45, 2.75) is 13.0 Å². The monoisotopic (exact) mass is 311 g/mol. The smallest absolute Gasteiger partial charge is 0.120 e. The van der Waals surface area contributed by atoms with Gasteiger partial charge in [-0.1, -0.05) is 6.07 Å². The minimum Gasteiger partial charge on any atom is -0.497 e. The van der Waals surface area contributed by atoms with Crippen LogP contribution in [0.25, 0.3) is 0 Å². The lowest BCUT2D eigenvalue weighted by atomic mass is 10.2. The Labute approximate surface area is 114 Å². The van der Waals surface area contributed by atoms with E-state index in [1.165, 1.54) is 4.88 Å². The summed E-state index contributed by atoms with van der Waals surface area (Å²) in [5.74, 6) is 0.870. The van der Waals surface area contributed by atoms with Gasteiger partial charge in [0.05, 0.1) is 16.9 Å². The largest absolute Gasteiger partial charge is 0.497 e. The number of hydrogen-bond donors (Lipinski definition) is 1. The van der Waals surface area contributed by atoms with Gasteiger partial charge in [0.15, 0.2) is 0 Å². The van der Waals surface area contributed by atoms with E-state index in [0.717, 1.165) is 15.2 Å². The average molecular weight is 312 g/mol. The Hall–Kier alpha value is -1.000. The molecule has 0 radical (unpaired) electrons. The van der Waals surface area contributed by atoms with Gasteiger partial charge in [0.2, 0.25) is 0 Å². The summed E-state index contributed by atoms with van der Waals surface area (Å²) in [6.07, 6.45) is 0. The van der Waals surface area contributed by atoms with E-state index in [2.05, 4.69) is 40.3 Å². The Balaban J connectivity index is 2.09. The molecule has 2 nitrogen and oxygen atoms in total. The molecule has 0 saturated heterocycles. The van der Waals surface area contributed by atoms with E-state index in [1.54, 1.807) is 18.4 Å². The van der Waals surface area contributed by atoms with Crippen molar-refractivity contribution in [2.24, 2.45) is 0 Å². The molecule has 1 unspecified atom stereocenters. The maximum atomic E-state index is 5.20. The van der Waals surface area contributed by atoms with Crippen LogP contribution in [0.15, 0.2) is 40.2 Å². The van der Waals surface area contributed by atoms with Gasteiger partial charge in [0, 0.05) is 16.6 Å². The third-order valence-corrected chi connectivity index (χ3v) is 4.28. The van der Waals surface area contributed by atoms with Crippen molar-refractivity contribution in [2.75, 3.05) is 12.4 Å². The zero-order valence-corrected chi connectivity index (χ0v) is 12.1. The van der Waals surface area contributed by atoms with Crippen molar-refractivity contribution in [1.82, 2.24) is 0 Å². The van der Waals surface area contributed by atoms with E-state index in [-0.39, 0.29) is 0 Å². The van der Waals surface area contributed by atoms with Crippen LogP contribution < -0.4 is 10.1 Å². The van der Waals surface area contributed by atoms with Crippen molar-refractivity contribution >= 4 is 33.0 Å². The number of benzene rings is 1. The van der Waals surface area contributed by atoms with Crippen LogP contribution in [0.3, 0.4) is 0 Å². The van der Waals surface area contributed by atoms with Crippen LogP contribution in [0, 0.1) is 0 Å². The van der Waals surface area contributed by atoms with Crippen LogP contribution in [0.4, 0.5) is 5.69 Å². The van der Waals surface area contributed by atoms with E-state index in [1.807, 2.05) is 24.3 Å². The van der Waals surface area contributed by atoms with Crippen molar-refractivity contribution in [3.05, 3.63) is 45.1 Å². The van der Waals surface area contributed by atoms with Crippen molar-refractivity contribution < 1.29 is 4.74 Å². The predicted octanol–water partition coefficient (Wildman–Crippen LogP) is 4.69. The molecule has 1 heterocycles. The van der Waals surface area contributed by atoms with Crippen LogP contribution in [-0.4, -0.2) is 7.11 Å². The van der Waals surface area contributed by atoms with E-state index < -0.39 is 0 Å². The van der Waals surface area contributed by atoms with Gasteiger partial charge in [-0.15, -0.1) is 11.3 Å². The summed E-state index contributed by atoms with van der Waals surface area (Å²) in [4.78, 5) is 1.31. The van der Waals surface area contributed by atoms with Crippen LogP contribution >= 0.6 is 27.3 Å². The Morgan fingerprint density at radius 3 is 2.76 bits per heavy atom. The zero-order valence-electron chi connectivity index (χ0n) is 9.74. The Kier molecular flexibility index (Phi) is 4.07. The third-order valence-electron chi connectivity index (χ3n) is 2.47. The number of rotatable bonds is 4. The molecule has 0 aliphatic rings. The SMILES string of the molecule is COc1cccc(NC(C)c2ccc(Br)s2)c1. The van der Waals surface area contributed by atoms with Crippen LogP contribution in [0.1, 0.15) is 17.8 Å². The molecule has 0 aliphatic carbocycles. The van der Waals surface area contributed by atoms with Gasteiger partial charge in [-0.05, 0) is 47.1 Å². The lowest BCUT2D eigenvalue weighted by Crippen LogP contribution is -2.04. The summed E-state index contributed by atoms with van der Waals surface area (Å²) >= 11 is 5.23. The number of nitrogens with one attached hydrogen (secondary N) is 1. The van der Waals surface area contributed by atoms with Gasteiger partial charge in [-0.25, -0.2) is 0 Å². The topological polar surface area (TPSA) is 21.3 Å². The van der Waals surface area contributed by atoms with Gasteiger partial charge in [-0.2, -0.15) is 0 Å². The van der Waals surface area contributed by atoms with E-state index in [0.29, 0.717) is 6.04 Å². The standard InChI is InChI=1S/C13H14BrNOS/c1-9(12-6-7-13(14)17-12)15-10-4-3-5-11(8-10)16-2/h3-9,15H,1-2H3. The summed E-state index contributed by atoms with van der Waals surface area (Å²) in [7, 11) is 1.68. The highest BCUT2D eigenvalue weighted by Crippen LogP contribution is 2.29. The molecule has 1 aromatic heterocycles. The number of halogens is 1. The maximum absolute atomic E-state index is 5.20. The first-order chi connectivity index (χ1) is 8.19. The fourth-order valence-electron chi connectivity index (χ4n) is 1.59. The highest BCUT2D eigenvalue weighted by atomic mass is 79.9. The van der Waals surface area contributed by atoms with Gasteiger partial charge in [0.25, 0.3) is 0 Å². The first-order valence-corrected chi connectivity index (χ1v) is 6.96. The number of thiophene rings is 1. The number of anilines is 1. The second-order valence-corrected chi connectivity index (χ2v) is 6.23. The molecule has 1 N–H and O–H groups in total. The second kappa shape index (κ2) is 5.56. The summed E-state index contributed by atoms with van der Waals surface area (Å²) in [6, 6.07) is 12.5. The molecule has 4 heteroatoms. The minimum absolute atomic E-state index is 0.290. The van der Waals surface area contributed by atoms with Gasteiger partial charge in [-0.3, -0.25) is 0 Å². The molecule has 17 heavy (non-hydrogen) atoms. The molecule has 90 valence electrons. The first-order valence-electron chi connectivity index (χ1n) is 5.35. The van der Waals surface area contributed by atoms with Crippen LogP contribution in [0.2, 0.25) is 0 Å². The molecule has 2 rings (SSSR count). The fourth-order valence-corrected chi connectivity index (χ4v) is 3.02. The van der Waals surface area contributed by atoms with Gasteiger partial charge >= 0.3 is 0 Å². The minimum atomic E-state index is 0.290. The molecule has 1 aromatic carbocycles. The molecular weight excluding hydrogens is 298 g/mol. The molecule has 0 bridgehead atoms. The highest BCUT2D eigenvalue weighted by molar-refractivity contribution is 9.11. The molecule has 0 aliphatic heterocycles. The van der Waals surface area contributed by atoms with Gasteiger partial charge in [0.1, 0.15) is 5.75 Å². The van der Waals surface area contributed by atoms with Crippen molar-refractivity contribution in [3.8, 4) is 5.75 Å². The average Bonchev–Trinajstić information content (AvgIpc) is 2.76. The summed E-state index contributed by atoms with van der Waals surface area (Å²) in [5.41, 5.74) is 1.07. The number of hydrogen-bond acceptors (Lipinski definition) is 3. The molecular formula is C13H14BrNOS. The normalized spacial score (nSPS) is 12.2. The third kappa shape index (κ3) is 3.23. The molecule has 0 saturated carbocycles. The molecule has 0 fully saturated rings. The quantitative estimate of drug-likeness (QED) is 0.884. The molecule has 2 aromatic rings. The summed E-state index contributed by atoms with van der Waals surface area (Å²) in [6.45, 7) is 2.15. The van der Waals surface area contributed by atoms with E-state index in [9.17, 15) is 0 Å². The molecule has 0 amide bonds. The number of ether oxygens (including phenoxy) is 1. The highest BCUT2D eigenvalue weighted by Gasteiger charge is 2.08. The van der Waals surface area contributed by atoms with E-state index in [4.69, 9.17) is 4.74 Å². The lowest BCUT2D eigenvalue weighted by molar-refractivity contribution is 0.415. The summed E-state index contributed by atoms with van der Waals surface area (Å²) in [5, 5.41) is 3.46. The summed E-state index contributed by atoms with van der Waals surface area (Å²) < 4.78 is 6.36. The number of methoxy groups -OCH3 is 1. The van der Waals surface area contributed by atoms with Crippen LogP contribution in [0.5, 0.6) is 5.75 Å². The van der Waals surface area contributed by atoms with Crippen molar-refractivity contribution in [1.29, 1.82) is 0 Å². The molecule has 0 spiro atoms. The predicted molar refractivity (Wildman–Crippen MR) is 77.1 cm³/mol. The maximum Gasteiger partial charge on any atom is 0.120 e. The first kappa shape index (κ1) is 12.5. The lowest BCUT2D eigenvalue weighted by Gasteiger charge is -2.14.